The molecular formula is C31H22ClNO5. The predicted octanol–water partition coefficient (Wildman–Crippen LogP) is 6.73. The summed E-state index contributed by atoms with van der Waals surface area (Å²) in [4.78, 5) is 38.4. The van der Waals surface area contributed by atoms with Crippen LogP contribution in [-0.4, -0.2) is 22.0 Å². The highest BCUT2D eigenvalue weighted by atomic mass is 35.5. The molecule has 0 fully saturated rings. The summed E-state index contributed by atoms with van der Waals surface area (Å²) in [6, 6.07) is 27.5. The molecule has 0 unspecified atom stereocenters. The van der Waals surface area contributed by atoms with E-state index in [0.29, 0.717) is 33.0 Å². The van der Waals surface area contributed by atoms with Crippen molar-refractivity contribution in [2.75, 3.05) is 0 Å². The van der Waals surface area contributed by atoms with Crippen LogP contribution in [-0.2, 0) is 16.0 Å². The molecule has 0 bridgehead atoms. The summed E-state index contributed by atoms with van der Waals surface area (Å²) in [7, 11) is 0. The van der Waals surface area contributed by atoms with Gasteiger partial charge in [-0.3, -0.25) is 14.4 Å². The SMILES string of the molecule is CC(=O)Oc1ccccc1-c1ccc(-c2cc3cc(-c4cccc(CC(=O)O)c4)c(=O)[nH]c3cc2Cl)cc1. The molecule has 5 aromatic rings. The Morgan fingerprint density at radius 2 is 1.50 bits per heavy atom. The number of esters is 1. The number of hydrogen-bond donors (Lipinski definition) is 2. The van der Waals surface area contributed by atoms with Gasteiger partial charge in [-0.25, -0.2) is 0 Å². The molecule has 7 heteroatoms. The van der Waals surface area contributed by atoms with Crippen molar-refractivity contribution in [2.24, 2.45) is 0 Å². The Morgan fingerprint density at radius 3 is 2.21 bits per heavy atom. The third-order valence-corrected chi connectivity index (χ3v) is 6.49. The van der Waals surface area contributed by atoms with Crippen molar-refractivity contribution >= 4 is 34.4 Å². The molecule has 0 atom stereocenters. The van der Waals surface area contributed by atoms with Crippen LogP contribution < -0.4 is 10.3 Å². The average Bonchev–Trinajstić information content (AvgIpc) is 2.88. The summed E-state index contributed by atoms with van der Waals surface area (Å²) >= 11 is 6.62. The van der Waals surface area contributed by atoms with Crippen LogP contribution in [0.15, 0.2) is 95.8 Å². The number of para-hydroxylation sites is 1. The third-order valence-electron chi connectivity index (χ3n) is 6.17. The van der Waals surface area contributed by atoms with E-state index in [9.17, 15) is 14.4 Å². The molecule has 2 N–H and O–H groups in total. The first-order chi connectivity index (χ1) is 18.3. The Kier molecular flexibility index (Phi) is 6.81. The Balaban J connectivity index is 1.54. The van der Waals surface area contributed by atoms with E-state index in [2.05, 4.69) is 4.98 Å². The number of aliphatic carboxylic acids is 1. The second-order valence-electron chi connectivity index (χ2n) is 8.87. The third kappa shape index (κ3) is 5.21. The molecule has 188 valence electrons. The molecule has 0 radical (unpaired) electrons. The Labute approximate surface area is 223 Å². The summed E-state index contributed by atoms with van der Waals surface area (Å²) in [5, 5.41) is 10.4. The topological polar surface area (TPSA) is 96.5 Å². The van der Waals surface area contributed by atoms with Crippen LogP contribution in [0, 0.1) is 0 Å². The number of pyridine rings is 1. The minimum Gasteiger partial charge on any atom is -0.481 e. The van der Waals surface area contributed by atoms with Gasteiger partial charge in [0.2, 0.25) is 0 Å². The number of carboxylic acids is 1. The number of H-pyrrole nitrogens is 1. The molecule has 0 aliphatic rings. The van der Waals surface area contributed by atoms with Gasteiger partial charge in [0.25, 0.3) is 5.56 Å². The first-order valence-electron chi connectivity index (χ1n) is 11.8. The second-order valence-corrected chi connectivity index (χ2v) is 9.28. The van der Waals surface area contributed by atoms with Gasteiger partial charge in [-0.15, -0.1) is 0 Å². The smallest absolute Gasteiger partial charge is 0.308 e. The molecular weight excluding hydrogens is 502 g/mol. The van der Waals surface area contributed by atoms with E-state index >= 15 is 0 Å². The molecule has 0 saturated heterocycles. The number of rotatable bonds is 6. The van der Waals surface area contributed by atoms with Crippen LogP contribution in [0.1, 0.15) is 12.5 Å². The zero-order chi connectivity index (χ0) is 26.8. The zero-order valence-corrected chi connectivity index (χ0v) is 21.1. The maximum atomic E-state index is 12.9. The fourth-order valence-electron chi connectivity index (χ4n) is 4.47. The number of ether oxygens (including phenoxy) is 1. The Hall–Kier alpha value is -4.68. The number of aromatic nitrogens is 1. The number of aromatic amines is 1. The van der Waals surface area contributed by atoms with Crippen molar-refractivity contribution in [1.82, 2.24) is 4.98 Å². The molecule has 5 rings (SSSR count). The monoisotopic (exact) mass is 523 g/mol. The highest BCUT2D eigenvalue weighted by Crippen LogP contribution is 2.35. The number of carboxylic acid groups (broad SMARTS) is 1. The lowest BCUT2D eigenvalue weighted by atomic mass is 9.97. The Bertz CT molecular complexity index is 1760. The number of benzene rings is 4. The largest absolute Gasteiger partial charge is 0.481 e. The van der Waals surface area contributed by atoms with Gasteiger partial charge in [-0.2, -0.15) is 0 Å². The first-order valence-corrected chi connectivity index (χ1v) is 12.2. The molecule has 4 aromatic carbocycles. The summed E-state index contributed by atoms with van der Waals surface area (Å²) in [5.41, 5.74) is 5.35. The predicted molar refractivity (Wildman–Crippen MR) is 149 cm³/mol. The first kappa shape index (κ1) is 25.0. The van der Waals surface area contributed by atoms with E-state index in [1.54, 1.807) is 42.5 Å². The lowest BCUT2D eigenvalue weighted by molar-refractivity contribution is -0.136. The van der Waals surface area contributed by atoms with Crippen LogP contribution in [0.25, 0.3) is 44.3 Å². The Morgan fingerprint density at radius 1 is 0.816 bits per heavy atom. The quantitative estimate of drug-likeness (QED) is 0.190. The maximum Gasteiger partial charge on any atom is 0.308 e. The molecule has 6 nitrogen and oxygen atoms in total. The van der Waals surface area contributed by atoms with E-state index in [0.717, 1.165) is 27.6 Å². The molecule has 0 spiro atoms. The lowest BCUT2D eigenvalue weighted by Gasteiger charge is -2.12. The van der Waals surface area contributed by atoms with Gasteiger partial charge < -0.3 is 14.8 Å². The lowest BCUT2D eigenvalue weighted by Crippen LogP contribution is -2.09. The molecule has 0 amide bonds. The minimum atomic E-state index is -0.935. The summed E-state index contributed by atoms with van der Waals surface area (Å²) < 4.78 is 5.35. The summed E-state index contributed by atoms with van der Waals surface area (Å²) in [6.07, 6.45) is -0.125. The minimum absolute atomic E-state index is 0.125. The van der Waals surface area contributed by atoms with Gasteiger partial charge in [0.1, 0.15) is 5.75 Å². The standard InChI is InChI=1S/C31H22ClNO5/c1-18(34)38-29-8-3-2-7-24(29)20-9-11-21(12-10-20)25-15-23-16-26(31(37)33-28(23)17-27(25)32)22-6-4-5-19(13-22)14-30(35)36/h2-13,15-17H,14H2,1H3,(H,33,37)(H,35,36). The molecule has 0 saturated carbocycles. The number of hydrogen-bond acceptors (Lipinski definition) is 4. The molecule has 0 aliphatic heterocycles. The molecule has 1 heterocycles. The average molecular weight is 524 g/mol. The van der Waals surface area contributed by atoms with E-state index in [1.807, 2.05) is 48.5 Å². The van der Waals surface area contributed by atoms with E-state index < -0.39 is 5.97 Å². The van der Waals surface area contributed by atoms with Gasteiger partial charge in [0, 0.05) is 29.1 Å². The van der Waals surface area contributed by atoms with E-state index in [4.69, 9.17) is 21.4 Å². The van der Waals surface area contributed by atoms with Crippen molar-refractivity contribution in [2.45, 2.75) is 13.3 Å². The van der Waals surface area contributed by atoms with E-state index in [-0.39, 0.29) is 17.9 Å². The summed E-state index contributed by atoms with van der Waals surface area (Å²) in [5.74, 6) is -0.835. The van der Waals surface area contributed by atoms with Crippen LogP contribution in [0.2, 0.25) is 5.02 Å². The van der Waals surface area contributed by atoms with Crippen molar-refractivity contribution < 1.29 is 19.4 Å². The highest BCUT2D eigenvalue weighted by molar-refractivity contribution is 6.34. The van der Waals surface area contributed by atoms with Gasteiger partial charge in [-0.05, 0) is 51.9 Å². The molecule has 38 heavy (non-hydrogen) atoms. The number of nitrogens with one attached hydrogen (secondary N) is 1. The van der Waals surface area contributed by atoms with E-state index in [1.165, 1.54) is 6.92 Å². The number of halogens is 1. The normalized spacial score (nSPS) is 10.9. The number of fused-ring (bicyclic) bond motifs is 1. The van der Waals surface area contributed by atoms with Crippen LogP contribution in [0.4, 0.5) is 0 Å². The number of carbonyl (C=O) groups is 2. The summed E-state index contributed by atoms with van der Waals surface area (Å²) in [6.45, 7) is 1.37. The fraction of sp³-hybridized carbons (Fsp3) is 0.0645. The van der Waals surface area contributed by atoms with Gasteiger partial charge in [-0.1, -0.05) is 78.3 Å². The van der Waals surface area contributed by atoms with Crippen LogP contribution in [0.5, 0.6) is 5.75 Å². The maximum absolute atomic E-state index is 12.9. The van der Waals surface area contributed by atoms with Crippen LogP contribution >= 0.6 is 11.6 Å². The van der Waals surface area contributed by atoms with Gasteiger partial charge >= 0.3 is 11.9 Å². The van der Waals surface area contributed by atoms with Gasteiger partial charge in [0.05, 0.1) is 11.4 Å². The zero-order valence-electron chi connectivity index (χ0n) is 20.3. The van der Waals surface area contributed by atoms with Crippen molar-refractivity contribution in [3.8, 4) is 39.1 Å². The highest BCUT2D eigenvalue weighted by Gasteiger charge is 2.13. The second kappa shape index (κ2) is 10.4. The van der Waals surface area contributed by atoms with Crippen molar-refractivity contribution in [3.63, 3.8) is 0 Å². The van der Waals surface area contributed by atoms with Crippen molar-refractivity contribution in [3.05, 3.63) is 112 Å². The number of carbonyl (C=O) groups excluding carboxylic acids is 1. The molecule has 1 aromatic heterocycles. The fourth-order valence-corrected chi connectivity index (χ4v) is 4.74. The van der Waals surface area contributed by atoms with Crippen molar-refractivity contribution in [1.29, 1.82) is 0 Å². The molecule has 0 aliphatic carbocycles. The van der Waals surface area contributed by atoms with Gasteiger partial charge in [0.15, 0.2) is 0 Å². The van der Waals surface area contributed by atoms with Crippen LogP contribution in [0.3, 0.4) is 0 Å².